The molecular weight excluding hydrogens is 400 g/mol. The largest absolute Gasteiger partial charge is 0.417 e. The molecule has 0 unspecified atom stereocenters. The van der Waals surface area contributed by atoms with E-state index in [1.54, 1.807) is 0 Å². The van der Waals surface area contributed by atoms with E-state index < -0.39 is 8.32 Å². The minimum Gasteiger partial charge on any atom is -0.417 e. The summed E-state index contributed by atoms with van der Waals surface area (Å²) in [5.74, 6) is 1.15. The molecular formula is C22H34N2O3SSi. The van der Waals surface area contributed by atoms with Gasteiger partial charge in [-0.25, -0.2) is 0 Å². The van der Waals surface area contributed by atoms with Gasteiger partial charge in [0, 0.05) is 23.1 Å². The summed E-state index contributed by atoms with van der Waals surface area (Å²) < 4.78 is 6.39. The van der Waals surface area contributed by atoms with Crippen LogP contribution in [-0.4, -0.2) is 32.5 Å². The van der Waals surface area contributed by atoms with E-state index in [-0.39, 0.29) is 22.8 Å². The van der Waals surface area contributed by atoms with Gasteiger partial charge in [-0.2, -0.15) is 0 Å². The Balaban J connectivity index is 1.48. The van der Waals surface area contributed by atoms with Gasteiger partial charge in [0.15, 0.2) is 8.32 Å². The maximum Gasteiger partial charge on any atom is 0.234 e. The van der Waals surface area contributed by atoms with Crippen molar-refractivity contribution in [1.29, 1.82) is 0 Å². The molecule has 160 valence electrons. The van der Waals surface area contributed by atoms with Gasteiger partial charge in [0.1, 0.15) is 0 Å². The van der Waals surface area contributed by atoms with Crippen molar-refractivity contribution in [3.63, 3.8) is 0 Å². The Labute approximate surface area is 179 Å². The second-order valence-corrected chi connectivity index (χ2v) is 15.7. The van der Waals surface area contributed by atoms with Crippen molar-refractivity contribution in [3.05, 3.63) is 18.2 Å². The number of benzene rings is 1. The Hall–Kier alpha value is -1.31. The Morgan fingerprint density at radius 3 is 2.59 bits per heavy atom. The van der Waals surface area contributed by atoms with Crippen LogP contribution in [0.3, 0.4) is 0 Å². The fourth-order valence-corrected chi connectivity index (χ4v) is 5.41. The first-order valence-electron chi connectivity index (χ1n) is 10.6. The average Bonchev–Trinajstić information content (AvgIpc) is 2.65. The number of hydrogen-bond acceptors (Lipinski definition) is 4. The Morgan fingerprint density at radius 1 is 1.24 bits per heavy atom. The molecule has 5 nitrogen and oxygen atoms in total. The molecule has 0 spiro atoms. The van der Waals surface area contributed by atoms with Crippen LogP contribution in [0.25, 0.3) is 0 Å². The molecule has 1 aliphatic heterocycles. The minimum absolute atomic E-state index is 0.00390. The van der Waals surface area contributed by atoms with Crippen LogP contribution in [0.5, 0.6) is 0 Å². The smallest absolute Gasteiger partial charge is 0.234 e. The first kappa shape index (κ1) is 22.4. The zero-order valence-electron chi connectivity index (χ0n) is 18.3. The van der Waals surface area contributed by atoms with Crippen LogP contribution in [0.4, 0.5) is 11.4 Å². The number of carbonyl (C=O) groups is 2. The molecule has 1 aromatic carbocycles. The lowest BCUT2D eigenvalue weighted by atomic mass is 9.82. The lowest BCUT2D eigenvalue weighted by Crippen LogP contribution is -2.42. The number of amides is 2. The van der Waals surface area contributed by atoms with Crippen LogP contribution in [0.2, 0.25) is 18.1 Å². The molecule has 3 rings (SSSR count). The first-order chi connectivity index (χ1) is 13.5. The highest BCUT2D eigenvalue weighted by molar-refractivity contribution is 8.00. The van der Waals surface area contributed by atoms with Gasteiger partial charge in [0.2, 0.25) is 11.8 Å². The summed E-state index contributed by atoms with van der Waals surface area (Å²) in [4.78, 5) is 25.4. The number of anilines is 2. The van der Waals surface area contributed by atoms with Gasteiger partial charge >= 0.3 is 0 Å². The number of rotatable bonds is 5. The van der Waals surface area contributed by atoms with E-state index in [1.165, 1.54) is 11.8 Å². The third-order valence-corrected chi connectivity index (χ3v) is 12.2. The zero-order valence-corrected chi connectivity index (χ0v) is 20.1. The van der Waals surface area contributed by atoms with Crippen LogP contribution in [0.15, 0.2) is 23.1 Å². The second-order valence-electron chi connectivity index (χ2n) is 9.83. The third-order valence-electron chi connectivity index (χ3n) is 6.58. The Bertz CT molecular complexity index is 768. The molecule has 2 amide bonds. The van der Waals surface area contributed by atoms with E-state index in [0.717, 1.165) is 48.6 Å². The van der Waals surface area contributed by atoms with Crippen molar-refractivity contribution in [2.75, 3.05) is 23.0 Å². The molecule has 1 fully saturated rings. The van der Waals surface area contributed by atoms with Gasteiger partial charge in [0.25, 0.3) is 0 Å². The van der Waals surface area contributed by atoms with Gasteiger partial charge < -0.3 is 15.1 Å². The fraction of sp³-hybridized carbons (Fsp3) is 0.636. The molecule has 2 N–H and O–H groups in total. The van der Waals surface area contributed by atoms with Gasteiger partial charge in [-0.05, 0) is 67.9 Å². The van der Waals surface area contributed by atoms with E-state index in [2.05, 4.69) is 44.5 Å². The molecule has 29 heavy (non-hydrogen) atoms. The van der Waals surface area contributed by atoms with Gasteiger partial charge in [-0.3, -0.25) is 9.59 Å². The first-order valence-corrected chi connectivity index (χ1v) is 14.5. The molecule has 2 aliphatic rings. The Kier molecular flexibility index (Phi) is 6.80. The topological polar surface area (TPSA) is 67.4 Å². The van der Waals surface area contributed by atoms with Gasteiger partial charge in [-0.15, -0.1) is 11.8 Å². The molecule has 0 radical (unpaired) electrons. The molecule has 0 aromatic heterocycles. The number of thioether (sulfide) groups is 1. The van der Waals surface area contributed by atoms with Crippen LogP contribution in [-0.2, 0) is 14.0 Å². The summed E-state index contributed by atoms with van der Waals surface area (Å²) in [5.41, 5.74) is 1.54. The molecule has 1 aliphatic carbocycles. The van der Waals surface area contributed by atoms with Crippen molar-refractivity contribution < 1.29 is 14.0 Å². The van der Waals surface area contributed by atoms with Gasteiger partial charge in [0.05, 0.1) is 11.4 Å². The molecule has 0 bridgehead atoms. The second kappa shape index (κ2) is 8.82. The third kappa shape index (κ3) is 5.64. The van der Waals surface area contributed by atoms with Crippen LogP contribution in [0, 0.1) is 11.8 Å². The molecule has 1 heterocycles. The molecule has 0 atom stereocenters. The predicted molar refractivity (Wildman–Crippen MR) is 123 cm³/mol. The molecule has 1 aromatic rings. The summed E-state index contributed by atoms with van der Waals surface area (Å²) in [6.45, 7) is 12.2. The van der Waals surface area contributed by atoms with Crippen LogP contribution in [0.1, 0.15) is 46.5 Å². The minimum atomic E-state index is -1.71. The van der Waals surface area contributed by atoms with Crippen molar-refractivity contribution in [1.82, 2.24) is 0 Å². The molecule has 7 heteroatoms. The summed E-state index contributed by atoms with van der Waals surface area (Å²) in [6, 6.07) is 5.74. The number of nitrogens with one attached hydrogen (secondary N) is 2. The highest BCUT2D eigenvalue weighted by atomic mass is 32.2. The van der Waals surface area contributed by atoms with E-state index in [4.69, 9.17) is 4.43 Å². The SMILES string of the molecule is CC(C)(C)[Si](C)(C)OCC1CCC(C(=O)Nc2ccc3c(c2)NC(=O)CS3)CC1. The van der Waals surface area contributed by atoms with Crippen LogP contribution < -0.4 is 10.6 Å². The van der Waals surface area contributed by atoms with Crippen molar-refractivity contribution in [2.24, 2.45) is 11.8 Å². The summed E-state index contributed by atoms with van der Waals surface area (Å²) in [5, 5.41) is 6.15. The summed E-state index contributed by atoms with van der Waals surface area (Å²) in [6.07, 6.45) is 3.91. The highest BCUT2D eigenvalue weighted by Crippen LogP contribution is 2.38. The van der Waals surface area contributed by atoms with Crippen LogP contribution >= 0.6 is 11.8 Å². The zero-order chi connectivity index (χ0) is 21.2. The summed E-state index contributed by atoms with van der Waals surface area (Å²) >= 11 is 1.53. The number of carbonyl (C=O) groups excluding carboxylic acids is 2. The maximum atomic E-state index is 12.7. The predicted octanol–water partition coefficient (Wildman–Crippen LogP) is 5.50. The standard InChI is InChI=1S/C22H34N2O3SSi/c1-22(2,3)29(4,5)27-13-15-6-8-16(9-7-15)21(26)23-17-10-11-19-18(12-17)24-20(25)14-28-19/h10-12,15-16H,6-9,13-14H2,1-5H3,(H,23,26)(H,24,25). The lowest BCUT2D eigenvalue weighted by Gasteiger charge is -2.38. The van der Waals surface area contributed by atoms with Gasteiger partial charge in [-0.1, -0.05) is 20.8 Å². The van der Waals surface area contributed by atoms with E-state index in [0.29, 0.717) is 11.7 Å². The van der Waals surface area contributed by atoms with Crippen molar-refractivity contribution in [2.45, 2.75) is 69.5 Å². The summed E-state index contributed by atoms with van der Waals surface area (Å²) in [7, 11) is -1.71. The molecule has 0 saturated heterocycles. The lowest BCUT2D eigenvalue weighted by molar-refractivity contribution is -0.121. The monoisotopic (exact) mass is 434 g/mol. The number of hydrogen-bond donors (Lipinski definition) is 2. The normalized spacial score (nSPS) is 22.6. The molecule has 1 saturated carbocycles. The van der Waals surface area contributed by atoms with E-state index in [1.807, 2.05) is 18.2 Å². The van der Waals surface area contributed by atoms with Crippen molar-refractivity contribution in [3.8, 4) is 0 Å². The average molecular weight is 435 g/mol. The van der Waals surface area contributed by atoms with E-state index >= 15 is 0 Å². The Morgan fingerprint density at radius 2 is 1.93 bits per heavy atom. The fourth-order valence-electron chi connectivity index (χ4n) is 3.54. The van der Waals surface area contributed by atoms with Crippen molar-refractivity contribution >= 4 is 43.3 Å². The highest BCUT2D eigenvalue weighted by Gasteiger charge is 2.38. The van der Waals surface area contributed by atoms with E-state index in [9.17, 15) is 9.59 Å². The quantitative estimate of drug-likeness (QED) is 0.601. The maximum absolute atomic E-state index is 12.7. The number of fused-ring (bicyclic) bond motifs is 1.